The molecule has 0 aliphatic rings. The Morgan fingerprint density at radius 3 is 2.57 bits per heavy atom. The van der Waals surface area contributed by atoms with Crippen molar-refractivity contribution in [2.24, 2.45) is 0 Å². The van der Waals surface area contributed by atoms with Gasteiger partial charge in [-0.3, -0.25) is 4.79 Å². The minimum atomic E-state index is -0.256. The van der Waals surface area contributed by atoms with Crippen molar-refractivity contribution in [2.45, 2.75) is 26.2 Å². The topological polar surface area (TPSA) is 55.1 Å². The SMILES string of the molecule is CCCCc1ccc(NC(=O)c2cccc(N)c2Cl)cc1. The minimum absolute atomic E-state index is 0.256. The lowest BCUT2D eigenvalue weighted by Crippen LogP contribution is -2.13. The Morgan fingerprint density at radius 2 is 1.90 bits per heavy atom. The molecule has 0 unspecified atom stereocenters. The molecule has 2 aromatic carbocycles. The summed E-state index contributed by atoms with van der Waals surface area (Å²) in [7, 11) is 0. The van der Waals surface area contributed by atoms with Gasteiger partial charge in [0.2, 0.25) is 0 Å². The monoisotopic (exact) mass is 302 g/mol. The van der Waals surface area contributed by atoms with E-state index >= 15 is 0 Å². The number of aryl methyl sites for hydroxylation is 1. The number of hydrogen-bond donors (Lipinski definition) is 2. The Hall–Kier alpha value is -2.00. The average molecular weight is 303 g/mol. The van der Waals surface area contributed by atoms with Crippen LogP contribution in [0.5, 0.6) is 0 Å². The number of benzene rings is 2. The van der Waals surface area contributed by atoms with Crippen molar-refractivity contribution < 1.29 is 4.79 Å². The van der Waals surface area contributed by atoms with Gasteiger partial charge in [0.15, 0.2) is 0 Å². The van der Waals surface area contributed by atoms with Crippen LogP contribution < -0.4 is 11.1 Å². The van der Waals surface area contributed by atoms with Crippen molar-refractivity contribution in [1.29, 1.82) is 0 Å². The first-order valence-corrected chi connectivity index (χ1v) is 7.44. The molecule has 4 heteroatoms. The van der Waals surface area contributed by atoms with Crippen molar-refractivity contribution >= 4 is 28.9 Å². The second-order valence-electron chi connectivity index (χ2n) is 4.96. The molecule has 0 atom stereocenters. The van der Waals surface area contributed by atoms with Crippen molar-refractivity contribution in [2.75, 3.05) is 11.1 Å². The zero-order valence-corrected chi connectivity index (χ0v) is 12.8. The number of unbranched alkanes of at least 4 members (excludes halogenated alkanes) is 1. The molecule has 0 fully saturated rings. The molecule has 2 aromatic rings. The molecule has 0 bridgehead atoms. The first-order valence-electron chi connectivity index (χ1n) is 7.06. The van der Waals surface area contributed by atoms with Crippen LogP contribution in [0.4, 0.5) is 11.4 Å². The predicted octanol–water partition coefficient (Wildman–Crippen LogP) is 4.52. The van der Waals surface area contributed by atoms with Gasteiger partial charge in [-0.25, -0.2) is 0 Å². The molecule has 0 saturated heterocycles. The maximum Gasteiger partial charge on any atom is 0.257 e. The van der Waals surface area contributed by atoms with Gasteiger partial charge in [-0.15, -0.1) is 0 Å². The molecule has 2 rings (SSSR count). The Kier molecular flexibility index (Phi) is 5.23. The summed E-state index contributed by atoms with van der Waals surface area (Å²) in [6.45, 7) is 2.17. The third kappa shape index (κ3) is 3.99. The van der Waals surface area contributed by atoms with Crippen LogP contribution in [0.25, 0.3) is 0 Å². The number of nitrogens with two attached hydrogens (primary N) is 1. The Balaban J connectivity index is 2.07. The van der Waals surface area contributed by atoms with Crippen LogP contribution in [0, 0.1) is 0 Å². The van der Waals surface area contributed by atoms with Crippen LogP contribution in [0.1, 0.15) is 35.7 Å². The van der Waals surface area contributed by atoms with E-state index in [9.17, 15) is 4.79 Å². The number of rotatable bonds is 5. The number of carbonyl (C=O) groups is 1. The lowest BCUT2D eigenvalue weighted by Gasteiger charge is -2.09. The molecule has 110 valence electrons. The van der Waals surface area contributed by atoms with E-state index in [1.165, 1.54) is 18.4 Å². The zero-order valence-electron chi connectivity index (χ0n) is 12.0. The molecule has 3 nitrogen and oxygen atoms in total. The molecule has 3 N–H and O–H groups in total. The summed E-state index contributed by atoms with van der Waals surface area (Å²) < 4.78 is 0. The van der Waals surface area contributed by atoms with Gasteiger partial charge in [0, 0.05) is 5.69 Å². The molecule has 0 aromatic heterocycles. The van der Waals surface area contributed by atoms with Gasteiger partial charge in [0.1, 0.15) is 0 Å². The molecule has 0 aliphatic heterocycles. The highest BCUT2D eigenvalue weighted by Crippen LogP contribution is 2.24. The maximum absolute atomic E-state index is 12.2. The van der Waals surface area contributed by atoms with E-state index in [1.807, 2.05) is 24.3 Å². The van der Waals surface area contributed by atoms with Gasteiger partial charge in [-0.1, -0.05) is 43.1 Å². The van der Waals surface area contributed by atoms with Crippen molar-refractivity contribution in [1.82, 2.24) is 0 Å². The van der Waals surface area contributed by atoms with Crippen LogP contribution in [-0.2, 0) is 6.42 Å². The summed E-state index contributed by atoms with van der Waals surface area (Å²) in [6.07, 6.45) is 3.41. The molecule has 0 saturated carbocycles. The van der Waals surface area contributed by atoms with Crippen molar-refractivity contribution in [3.05, 3.63) is 58.6 Å². The number of carbonyl (C=O) groups excluding carboxylic acids is 1. The molecule has 0 heterocycles. The average Bonchev–Trinajstić information content (AvgIpc) is 2.49. The lowest BCUT2D eigenvalue weighted by atomic mass is 10.1. The van der Waals surface area contributed by atoms with Gasteiger partial charge in [-0.05, 0) is 42.7 Å². The fourth-order valence-corrected chi connectivity index (χ4v) is 2.27. The number of halogens is 1. The summed E-state index contributed by atoms with van der Waals surface area (Å²) in [6, 6.07) is 12.9. The highest BCUT2D eigenvalue weighted by molar-refractivity contribution is 6.36. The third-order valence-electron chi connectivity index (χ3n) is 3.30. The molecular weight excluding hydrogens is 284 g/mol. The minimum Gasteiger partial charge on any atom is -0.398 e. The fraction of sp³-hybridized carbons (Fsp3) is 0.235. The van der Waals surface area contributed by atoms with Crippen LogP contribution in [0.3, 0.4) is 0 Å². The molecule has 0 aliphatic carbocycles. The number of anilines is 2. The lowest BCUT2D eigenvalue weighted by molar-refractivity contribution is 0.102. The molecule has 0 radical (unpaired) electrons. The summed E-state index contributed by atoms with van der Waals surface area (Å²) in [5, 5.41) is 3.12. The van der Waals surface area contributed by atoms with E-state index in [0.717, 1.165) is 12.1 Å². The molecular formula is C17H19ClN2O. The number of amides is 1. The van der Waals surface area contributed by atoms with Crippen molar-refractivity contribution in [3.8, 4) is 0 Å². The smallest absolute Gasteiger partial charge is 0.257 e. The van der Waals surface area contributed by atoms with E-state index in [1.54, 1.807) is 18.2 Å². The van der Waals surface area contributed by atoms with Crippen LogP contribution in [0.15, 0.2) is 42.5 Å². The van der Waals surface area contributed by atoms with Gasteiger partial charge in [-0.2, -0.15) is 0 Å². The second-order valence-corrected chi connectivity index (χ2v) is 5.34. The summed E-state index contributed by atoms with van der Waals surface area (Å²) in [5.41, 5.74) is 8.51. The van der Waals surface area contributed by atoms with E-state index in [-0.39, 0.29) is 10.9 Å². The number of nitrogen functional groups attached to an aromatic ring is 1. The Bertz CT molecular complexity index is 623. The van der Waals surface area contributed by atoms with Crippen molar-refractivity contribution in [3.63, 3.8) is 0 Å². The summed E-state index contributed by atoms with van der Waals surface area (Å²) in [5.74, 6) is -0.256. The molecule has 0 spiro atoms. The third-order valence-corrected chi connectivity index (χ3v) is 3.73. The first kappa shape index (κ1) is 15.4. The van der Waals surface area contributed by atoms with E-state index < -0.39 is 0 Å². The van der Waals surface area contributed by atoms with Gasteiger partial charge >= 0.3 is 0 Å². The maximum atomic E-state index is 12.2. The molecule has 1 amide bonds. The fourth-order valence-electron chi connectivity index (χ4n) is 2.06. The normalized spacial score (nSPS) is 10.4. The van der Waals surface area contributed by atoms with Gasteiger partial charge in [0.05, 0.1) is 16.3 Å². The highest BCUT2D eigenvalue weighted by atomic mass is 35.5. The predicted molar refractivity (Wildman–Crippen MR) is 88.9 cm³/mol. The number of hydrogen-bond acceptors (Lipinski definition) is 2. The van der Waals surface area contributed by atoms with Gasteiger partial charge in [0.25, 0.3) is 5.91 Å². The second kappa shape index (κ2) is 7.14. The standard InChI is InChI=1S/C17H19ClN2O/c1-2-3-5-12-8-10-13(11-9-12)20-17(21)14-6-4-7-15(19)16(14)18/h4,6-11H,2-3,5,19H2,1H3,(H,20,21). The largest absolute Gasteiger partial charge is 0.398 e. The summed E-state index contributed by atoms with van der Waals surface area (Å²) in [4.78, 5) is 12.2. The van der Waals surface area contributed by atoms with E-state index in [4.69, 9.17) is 17.3 Å². The first-order chi connectivity index (χ1) is 10.1. The summed E-state index contributed by atoms with van der Waals surface area (Å²) >= 11 is 6.05. The van der Waals surface area contributed by atoms with Crippen LogP contribution >= 0.6 is 11.6 Å². The number of nitrogens with one attached hydrogen (secondary N) is 1. The van der Waals surface area contributed by atoms with Crippen LogP contribution in [0.2, 0.25) is 5.02 Å². The van der Waals surface area contributed by atoms with E-state index in [2.05, 4.69) is 12.2 Å². The zero-order chi connectivity index (χ0) is 15.2. The quantitative estimate of drug-likeness (QED) is 0.798. The van der Waals surface area contributed by atoms with Gasteiger partial charge < -0.3 is 11.1 Å². The van der Waals surface area contributed by atoms with E-state index in [0.29, 0.717) is 11.3 Å². The highest BCUT2D eigenvalue weighted by Gasteiger charge is 2.12. The Morgan fingerprint density at radius 1 is 1.19 bits per heavy atom. The van der Waals surface area contributed by atoms with Crippen LogP contribution in [-0.4, -0.2) is 5.91 Å². The molecule has 21 heavy (non-hydrogen) atoms. The Labute approximate surface area is 130 Å².